The Morgan fingerprint density at radius 3 is 2.73 bits per heavy atom. The fourth-order valence-electron chi connectivity index (χ4n) is 2.16. The molecule has 0 unspecified atom stereocenters. The smallest absolute Gasteiger partial charge is 0.235 e. The van der Waals surface area contributed by atoms with Crippen LogP contribution in [0.3, 0.4) is 0 Å². The first-order valence-electron chi connectivity index (χ1n) is 6.48. The zero-order chi connectivity index (χ0) is 15.4. The normalized spacial score (nSPS) is 11.6. The lowest BCUT2D eigenvalue weighted by atomic mass is 10.2. The lowest BCUT2D eigenvalue weighted by Crippen LogP contribution is -1.95. The minimum Gasteiger partial charge on any atom is -0.281 e. The van der Waals surface area contributed by atoms with Crippen molar-refractivity contribution in [3.63, 3.8) is 0 Å². The van der Waals surface area contributed by atoms with Gasteiger partial charge < -0.3 is 0 Å². The summed E-state index contributed by atoms with van der Waals surface area (Å²) >= 11 is 7.63. The molecule has 0 aromatic carbocycles. The van der Waals surface area contributed by atoms with E-state index >= 15 is 0 Å². The van der Waals surface area contributed by atoms with Crippen LogP contribution in [0.15, 0.2) is 6.20 Å². The number of hydrogen-bond acceptors (Lipinski definition) is 6. The monoisotopic (exact) mass is 334 g/mol. The fraction of sp³-hybridized carbons (Fsp3) is 0.250. The van der Waals surface area contributed by atoms with Gasteiger partial charge >= 0.3 is 0 Å². The molecule has 4 rings (SSSR count). The van der Waals surface area contributed by atoms with Crippen LogP contribution in [0.2, 0.25) is 5.02 Å². The maximum atomic E-state index is 6.24. The van der Waals surface area contributed by atoms with Gasteiger partial charge in [0.15, 0.2) is 10.8 Å². The Balaban J connectivity index is 1.90. The van der Waals surface area contributed by atoms with E-state index in [2.05, 4.69) is 30.6 Å². The van der Waals surface area contributed by atoms with E-state index in [0.717, 1.165) is 17.0 Å². The maximum absolute atomic E-state index is 6.24. The second-order valence-corrected chi connectivity index (χ2v) is 6.24. The summed E-state index contributed by atoms with van der Waals surface area (Å²) in [7, 11) is 1.88. The summed E-state index contributed by atoms with van der Waals surface area (Å²) in [5.74, 6) is 0.659. The molecule has 0 spiro atoms. The molecule has 0 saturated heterocycles. The number of nitrogens with zero attached hydrogens (tertiary/aromatic N) is 7. The molecule has 0 saturated carbocycles. The van der Waals surface area contributed by atoms with Crippen LogP contribution in [-0.4, -0.2) is 39.8 Å². The van der Waals surface area contributed by atoms with E-state index in [-0.39, 0.29) is 0 Å². The molecule has 0 amide bonds. The number of aryl methyl sites for hydroxylation is 2. The molecule has 0 radical (unpaired) electrons. The summed E-state index contributed by atoms with van der Waals surface area (Å²) in [4.78, 5) is 0.685. The highest BCUT2D eigenvalue weighted by Gasteiger charge is 2.20. The Hall–Kier alpha value is -2.26. The number of H-pyrrole nitrogens is 1. The average molecular weight is 335 g/mol. The molecule has 8 nitrogen and oxygen atoms in total. The van der Waals surface area contributed by atoms with E-state index in [4.69, 9.17) is 11.6 Å². The second-order valence-electron chi connectivity index (χ2n) is 4.90. The fourth-order valence-corrected chi connectivity index (χ4v) is 3.22. The molecular weight excluding hydrogens is 324 g/mol. The third-order valence-electron chi connectivity index (χ3n) is 3.54. The van der Waals surface area contributed by atoms with Crippen molar-refractivity contribution in [1.82, 2.24) is 39.8 Å². The molecule has 0 aliphatic carbocycles. The van der Waals surface area contributed by atoms with Crippen molar-refractivity contribution >= 4 is 27.9 Å². The Bertz CT molecular complexity index is 990. The minimum absolute atomic E-state index is 0.573. The van der Waals surface area contributed by atoms with Crippen molar-refractivity contribution < 1.29 is 0 Å². The van der Waals surface area contributed by atoms with E-state index in [1.165, 1.54) is 11.3 Å². The maximum Gasteiger partial charge on any atom is 0.235 e. The summed E-state index contributed by atoms with van der Waals surface area (Å²) in [6.07, 6.45) is 1.76. The summed E-state index contributed by atoms with van der Waals surface area (Å²) in [5, 5.41) is 25.5. The van der Waals surface area contributed by atoms with E-state index in [1.807, 2.05) is 20.9 Å². The van der Waals surface area contributed by atoms with Crippen LogP contribution in [0.25, 0.3) is 27.1 Å². The molecule has 0 bridgehead atoms. The first-order chi connectivity index (χ1) is 10.6. The van der Waals surface area contributed by atoms with Gasteiger partial charge in [0.05, 0.1) is 22.5 Å². The van der Waals surface area contributed by atoms with Crippen LogP contribution >= 0.6 is 22.9 Å². The van der Waals surface area contributed by atoms with Gasteiger partial charge in [-0.05, 0) is 13.8 Å². The largest absolute Gasteiger partial charge is 0.281 e. The van der Waals surface area contributed by atoms with Gasteiger partial charge in [-0.2, -0.15) is 19.8 Å². The van der Waals surface area contributed by atoms with Gasteiger partial charge in [0, 0.05) is 12.7 Å². The third kappa shape index (κ3) is 1.79. The Kier molecular flexibility index (Phi) is 2.81. The summed E-state index contributed by atoms with van der Waals surface area (Å²) in [6.45, 7) is 3.84. The molecule has 22 heavy (non-hydrogen) atoms. The topological polar surface area (TPSA) is 89.6 Å². The first-order valence-corrected chi connectivity index (χ1v) is 7.67. The highest BCUT2D eigenvalue weighted by molar-refractivity contribution is 7.19. The number of hydrogen-bond donors (Lipinski definition) is 1. The molecule has 4 heterocycles. The van der Waals surface area contributed by atoms with Crippen LogP contribution < -0.4 is 0 Å². The average Bonchev–Trinajstić information content (AvgIpc) is 3.20. The minimum atomic E-state index is 0.573. The van der Waals surface area contributed by atoms with E-state index < -0.39 is 0 Å². The van der Waals surface area contributed by atoms with Gasteiger partial charge in [0.25, 0.3) is 0 Å². The van der Waals surface area contributed by atoms with Crippen LogP contribution in [0.4, 0.5) is 0 Å². The number of fused-ring (bicyclic) bond motifs is 1. The van der Waals surface area contributed by atoms with Crippen LogP contribution in [0.1, 0.15) is 11.4 Å². The van der Waals surface area contributed by atoms with Crippen molar-refractivity contribution in [2.24, 2.45) is 7.05 Å². The predicted octanol–water partition coefficient (Wildman–Crippen LogP) is 2.25. The Labute approximate surface area is 133 Å². The lowest BCUT2D eigenvalue weighted by molar-refractivity contribution is 0.740. The number of rotatable bonds is 2. The van der Waals surface area contributed by atoms with E-state index in [9.17, 15) is 0 Å². The molecule has 112 valence electrons. The van der Waals surface area contributed by atoms with E-state index in [0.29, 0.717) is 26.5 Å². The number of aromatic nitrogens is 8. The SMILES string of the molecule is Cc1[nH]nc(-c2nn3c(-c4cnn(C)c4C)nnc3s2)c1Cl. The van der Waals surface area contributed by atoms with Crippen LogP contribution in [0.5, 0.6) is 0 Å². The number of nitrogens with one attached hydrogen (secondary N) is 1. The van der Waals surface area contributed by atoms with Crippen molar-refractivity contribution in [3.8, 4) is 22.1 Å². The highest BCUT2D eigenvalue weighted by atomic mass is 35.5. The predicted molar refractivity (Wildman–Crippen MR) is 82.9 cm³/mol. The summed E-state index contributed by atoms with van der Waals surface area (Å²) < 4.78 is 3.49. The summed E-state index contributed by atoms with van der Waals surface area (Å²) in [5.41, 5.74) is 3.34. The Morgan fingerprint density at radius 1 is 1.27 bits per heavy atom. The Morgan fingerprint density at radius 2 is 2.09 bits per heavy atom. The van der Waals surface area contributed by atoms with E-state index in [1.54, 1.807) is 15.4 Å². The van der Waals surface area contributed by atoms with Gasteiger partial charge in [-0.3, -0.25) is 9.78 Å². The molecular formula is C12H11ClN8S. The molecule has 10 heteroatoms. The molecule has 4 aromatic heterocycles. The molecule has 0 fully saturated rings. The van der Waals surface area contributed by atoms with Gasteiger partial charge in [-0.25, -0.2) is 0 Å². The molecule has 0 atom stereocenters. The van der Waals surface area contributed by atoms with Crippen molar-refractivity contribution in [1.29, 1.82) is 0 Å². The van der Waals surface area contributed by atoms with Crippen molar-refractivity contribution in [2.75, 3.05) is 0 Å². The third-order valence-corrected chi connectivity index (χ3v) is 4.91. The lowest BCUT2D eigenvalue weighted by Gasteiger charge is -1.96. The standard InChI is InChI=1S/C12H11ClN8S/c1-5-8(13)9(16-15-5)11-19-21-10(17-18-12(21)22-11)7-4-14-20(3)6(7)2/h4H,1-3H3,(H,15,16). The number of halogens is 1. The second kappa shape index (κ2) is 4.62. The molecule has 0 aliphatic rings. The van der Waals surface area contributed by atoms with Crippen LogP contribution in [0, 0.1) is 13.8 Å². The molecule has 0 aliphatic heterocycles. The number of aromatic amines is 1. The quantitative estimate of drug-likeness (QED) is 0.607. The molecule has 1 N–H and O–H groups in total. The van der Waals surface area contributed by atoms with Gasteiger partial charge in [-0.15, -0.1) is 10.2 Å². The highest BCUT2D eigenvalue weighted by Crippen LogP contribution is 2.32. The summed E-state index contributed by atoms with van der Waals surface area (Å²) in [6, 6.07) is 0. The zero-order valence-electron chi connectivity index (χ0n) is 12.0. The molecule has 4 aromatic rings. The van der Waals surface area contributed by atoms with Crippen LogP contribution in [-0.2, 0) is 7.05 Å². The van der Waals surface area contributed by atoms with Gasteiger partial charge in [0.1, 0.15) is 5.69 Å². The van der Waals surface area contributed by atoms with Crippen molar-refractivity contribution in [2.45, 2.75) is 13.8 Å². The zero-order valence-corrected chi connectivity index (χ0v) is 13.6. The first kappa shape index (κ1) is 13.4. The van der Waals surface area contributed by atoms with Gasteiger partial charge in [-0.1, -0.05) is 22.9 Å². The van der Waals surface area contributed by atoms with Crippen molar-refractivity contribution in [3.05, 3.63) is 22.6 Å². The van der Waals surface area contributed by atoms with Gasteiger partial charge in [0.2, 0.25) is 4.96 Å².